The number of hydrogen-bond acceptors (Lipinski definition) is 6. The number of amides is 1. The molecule has 0 saturated heterocycles. The summed E-state index contributed by atoms with van der Waals surface area (Å²) < 4.78 is 10.8. The molecule has 4 rings (SSSR count). The van der Waals surface area contributed by atoms with Crippen LogP contribution in [0.5, 0.6) is 11.5 Å². The van der Waals surface area contributed by atoms with Gasteiger partial charge in [-0.3, -0.25) is 4.79 Å². The number of ether oxygens (including phenoxy) is 2. The zero-order chi connectivity index (χ0) is 22.5. The van der Waals surface area contributed by atoms with Crippen LogP contribution in [0.25, 0.3) is 11.4 Å². The smallest absolute Gasteiger partial charge is 0.251 e. The molecule has 168 valence electrons. The largest absolute Gasteiger partial charge is 0.493 e. The molecule has 2 aromatic carbocycles. The Morgan fingerprint density at radius 3 is 2.50 bits per heavy atom. The third-order valence-electron chi connectivity index (χ3n) is 6.06. The van der Waals surface area contributed by atoms with Crippen molar-refractivity contribution < 1.29 is 14.3 Å². The second-order valence-corrected chi connectivity index (χ2v) is 7.96. The van der Waals surface area contributed by atoms with Crippen molar-refractivity contribution >= 4 is 5.91 Å². The Labute approximate surface area is 187 Å². The van der Waals surface area contributed by atoms with Crippen molar-refractivity contribution in [2.75, 3.05) is 14.2 Å². The molecule has 1 aliphatic carbocycles. The standard InChI is InChI=1S/C24H29N5O3/c1-4-29-27-23(26-28-29)16-9-11-17(12-10-16)24(30)25-20-8-6-5-7-19(20)18-13-14-21(31-2)22(15-18)32-3/h9-15,19-20H,4-8H2,1-3H3,(H,25,30). The lowest BCUT2D eigenvalue weighted by molar-refractivity contribution is 0.0920. The summed E-state index contributed by atoms with van der Waals surface area (Å²) in [6.07, 6.45) is 4.23. The topological polar surface area (TPSA) is 91.2 Å². The van der Waals surface area contributed by atoms with E-state index in [2.05, 4.69) is 26.8 Å². The monoisotopic (exact) mass is 435 g/mol. The van der Waals surface area contributed by atoms with Crippen molar-refractivity contribution in [2.24, 2.45) is 0 Å². The highest BCUT2D eigenvalue weighted by molar-refractivity contribution is 5.94. The Bertz CT molecular complexity index is 1060. The van der Waals surface area contributed by atoms with Crippen LogP contribution in [0.4, 0.5) is 0 Å². The van der Waals surface area contributed by atoms with E-state index in [1.807, 2.05) is 43.3 Å². The zero-order valence-corrected chi connectivity index (χ0v) is 18.7. The normalized spacial score (nSPS) is 18.2. The highest BCUT2D eigenvalue weighted by Crippen LogP contribution is 2.37. The Balaban J connectivity index is 1.48. The van der Waals surface area contributed by atoms with Crippen molar-refractivity contribution in [3.8, 4) is 22.9 Å². The van der Waals surface area contributed by atoms with Gasteiger partial charge in [-0.05, 0) is 54.8 Å². The highest BCUT2D eigenvalue weighted by Gasteiger charge is 2.29. The zero-order valence-electron chi connectivity index (χ0n) is 18.7. The number of nitrogens with zero attached hydrogens (tertiary/aromatic N) is 4. The minimum absolute atomic E-state index is 0.0696. The van der Waals surface area contributed by atoms with Gasteiger partial charge in [-0.15, -0.1) is 10.2 Å². The first-order valence-electron chi connectivity index (χ1n) is 11.0. The molecule has 0 aliphatic heterocycles. The number of hydrogen-bond donors (Lipinski definition) is 1. The third-order valence-corrected chi connectivity index (χ3v) is 6.06. The van der Waals surface area contributed by atoms with Crippen LogP contribution >= 0.6 is 0 Å². The Morgan fingerprint density at radius 1 is 1.06 bits per heavy atom. The Morgan fingerprint density at radius 2 is 1.81 bits per heavy atom. The maximum Gasteiger partial charge on any atom is 0.251 e. The number of aromatic nitrogens is 4. The number of rotatable bonds is 7. The number of carbonyl (C=O) groups is 1. The molecule has 0 radical (unpaired) electrons. The SMILES string of the molecule is CCn1nnc(-c2ccc(C(=O)NC3CCCCC3c3ccc(OC)c(OC)c3)cc2)n1. The molecule has 1 heterocycles. The van der Waals surface area contributed by atoms with Gasteiger partial charge in [0, 0.05) is 23.1 Å². The van der Waals surface area contributed by atoms with Crippen molar-refractivity contribution in [3.05, 3.63) is 53.6 Å². The first-order valence-corrected chi connectivity index (χ1v) is 11.0. The average molecular weight is 436 g/mol. The number of nitrogens with one attached hydrogen (secondary N) is 1. The summed E-state index contributed by atoms with van der Waals surface area (Å²) in [7, 11) is 3.28. The summed E-state index contributed by atoms with van der Waals surface area (Å²) in [5, 5.41) is 15.6. The van der Waals surface area contributed by atoms with Crippen molar-refractivity contribution in [1.82, 2.24) is 25.5 Å². The van der Waals surface area contributed by atoms with Gasteiger partial charge >= 0.3 is 0 Å². The fraction of sp³-hybridized carbons (Fsp3) is 0.417. The molecule has 1 saturated carbocycles. The van der Waals surface area contributed by atoms with Crippen LogP contribution in [0.2, 0.25) is 0 Å². The molecule has 1 aromatic heterocycles. The van der Waals surface area contributed by atoms with Gasteiger partial charge in [-0.1, -0.05) is 31.0 Å². The van der Waals surface area contributed by atoms with Crippen LogP contribution in [-0.2, 0) is 6.54 Å². The predicted molar refractivity (Wildman–Crippen MR) is 121 cm³/mol. The van der Waals surface area contributed by atoms with Crippen LogP contribution in [0.15, 0.2) is 42.5 Å². The summed E-state index contributed by atoms with van der Waals surface area (Å²) in [6.45, 7) is 2.62. The first kappa shape index (κ1) is 21.8. The van der Waals surface area contributed by atoms with E-state index in [-0.39, 0.29) is 17.9 Å². The Hall–Kier alpha value is -3.42. The van der Waals surface area contributed by atoms with E-state index in [1.54, 1.807) is 14.2 Å². The summed E-state index contributed by atoms with van der Waals surface area (Å²) in [5.74, 6) is 2.14. The van der Waals surface area contributed by atoms with Crippen LogP contribution in [-0.4, -0.2) is 46.4 Å². The number of methoxy groups -OCH3 is 2. The molecule has 1 aliphatic rings. The molecular weight excluding hydrogens is 406 g/mol. The summed E-state index contributed by atoms with van der Waals surface area (Å²) in [4.78, 5) is 14.5. The Kier molecular flexibility index (Phi) is 6.68. The van der Waals surface area contributed by atoms with E-state index < -0.39 is 0 Å². The molecular formula is C24H29N5O3. The average Bonchev–Trinajstić information content (AvgIpc) is 3.33. The van der Waals surface area contributed by atoms with E-state index in [0.717, 1.165) is 36.8 Å². The van der Waals surface area contributed by atoms with E-state index in [4.69, 9.17) is 9.47 Å². The van der Waals surface area contributed by atoms with Crippen LogP contribution < -0.4 is 14.8 Å². The predicted octanol–water partition coefficient (Wildman–Crippen LogP) is 3.83. The van der Waals surface area contributed by atoms with E-state index >= 15 is 0 Å². The van der Waals surface area contributed by atoms with Gasteiger partial charge in [0.2, 0.25) is 5.82 Å². The third kappa shape index (κ3) is 4.59. The summed E-state index contributed by atoms with van der Waals surface area (Å²) in [5.41, 5.74) is 2.61. The molecule has 2 unspecified atom stereocenters. The van der Waals surface area contributed by atoms with Gasteiger partial charge in [0.1, 0.15) is 0 Å². The number of carbonyl (C=O) groups excluding carboxylic acids is 1. The van der Waals surface area contributed by atoms with Crippen molar-refractivity contribution in [1.29, 1.82) is 0 Å². The molecule has 32 heavy (non-hydrogen) atoms. The molecule has 8 heteroatoms. The quantitative estimate of drug-likeness (QED) is 0.606. The molecule has 1 amide bonds. The molecule has 0 spiro atoms. The fourth-order valence-electron chi connectivity index (χ4n) is 4.30. The number of benzene rings is 2. The second kappa shape index (κ2) is 9.80. The van der Waals surface area contributed by atoms with Crippen molar-refractivity contribution in [2.45, 2.75) is 51.1 Å². The minimum Gasteiger partial charge on any atom is -0.493 e. The van der Waals surface area contributed by atoms with Crippen LogP contribution in [0.3, 0.4) is 0 Å². The van der Waals surface area contributed by atoms with Gasteiger partial charge in [0.15, 0.2) is 11.5 Å². The van der Waals surface area contributed by atoms with E-state index in [9.17, 15) is 4.79 Å². The second-order valence-electron chi connectivity index (χ2n) is 7.96. The molecule has 0 bridgehead atoms. The number of aryl methyl sites for hydroxylation is 1. The maximum atomic E-state index is 13.0. The molecule has 3 aromatic rings. The lowest BCUT2D eigenvalue weighted by Gasteiger charge is -2.33. The van der Waals surface area contributed by atoms with Crippen LogP contribution in [0, 0.1) is 0 Å². The van der Waals surface area contributed by atoms with Gasteiger partial charge < -0.3 is 14.8 Å². The van der Waals surface area contributed by atoms with Gasteiger partial charge in [0.25, 0.3) is 5.91 Å². The lowest BCUT2D eigenvalue weighted by atomic mass is 9.79. The molecule has 8 nitrogen and oxygen atoms in total. The lowest BCUT2D eigenvalue weighted by Crippen LogP contribution is -2.41. The fourth-order valence-corrected chi connectivity index (χ4v) is 4.30. The molecule has 1 fully saturated rings. The molecule has 2 atom stereocenters. The highest BCUT2D eigenvalue weighted by atomic mass is 16.5. The van der Waals surface area contributed by atoms with E-state index in [0.29, 0.717) is 29.4 Å². The van der Waals surface area contributed by atoms with E-state index in [1.165, 1.54) is 4.80 Å². The molecule has 1 N–H and O–H groups in total. The maximum absolute atomic E-state index is 13.0. The van der Waals surface area contributed by atoms with Crippen LogP contribution in [0.1, 0.15) is 54.4 Å². The van der Waals surface area contributed by atoms with Gasteiger partial charge in [-0.25, -0.2) is 0 Å². The van der Waals surface area contributed by atoms with Gasteiger partial charge in [-0.2, -0.15) is 4.80 Å². The minimum atomic E-state index is -0.0703. The summed E-state index contributed by atoms with van der Waals surface area (Å²) >= 11 is 0. The summed E-state index contributed by atoms with van der Waals surface area (Å²) in [6, 6.07) is 13.4. The number of tetrazole rings is 1. The van der Waals surface area contributed by atoms with Gasteiger partial charge in [0.05, 0.1) is 20.8 Å². The first-order chi connectivity index (χ1) is 15.6. The van der Waals surface area contributed by atoms with Crippen molar-refractivity contribution in [3.63, 3.8) is 0 Å².